The molecule has 0 spiro atoms. The van der Waals surface area contributed by atoms with Gasteiger partial charge in [0.1, 0.15) is 0 Å². The summed E-state index contributed by atoms with van der Waals surface area (Å²) >= 11 is 6.14. The van der Waals surface area contributed by atoms with Crippen LogP contribution in [0.15, 0.2) is 76.4 Å². The van der Waals surface area contributed by atoms with E-state index in [0.717, 1.165) is 18.4 Å². The van der Waals surface area contributed by atoms with Crippen LogP contribution >= 0.6 is 11.6 Å². The number of hydrogen-bond donors (Lipinski definition) is 3. The third-order valence-electron chi connectivity index (χ3n) is 7.38. The van der Waals surface area contributed by atoms with Gasteiger partial charge in [-0.3, -0.25) is 4.79 Å². The predicted octanol–water partition coefficient (Wildman–Crippen LogP) is 5.36. The second kappa shape index (κ2) is 11.4. The fourth-order valence-corrected chi connectivity index (χ4v) is 6.31. The van der Waals surface area contributed by atoms with Crippen LogP contribution in [0.25, 0.3) is 10.9 Å². The lowest BCUT2D eigenvalue weighted by Crippen LogP contribution is -2.52. The summed E-state index contributed by atoms with van der Waals surface area (Å²) in [5, 5.41) is 16.5. The molecule has 212 valence electrons. The number of benzene rings is 3. The van der Waals surface area contributed by atoms with Crippen molar-refractivity contribution in [2.24, 2.45) is 0 Å². The fraction of sp³-hybridized carbons (Fsp3) is 0.300. The Kier molecular flexibility index (Phi) is 8.52. The van der Waals surface area contributed by atoms with Crippen molar-refractivity contribution in [3.05, 3.63) is 110 Å². The van der Waals surface area contributed by atoms with Gasteiger partial charge in [0.15, 0.2) is 21.5 Å². The molecule has 3 unspecified atom stereocenters. The second-order valence-corrected chi connectivity index (χ2v) is 12.7. The highest BCUT2D eigenvalue weighted by Crippen LogP contribution is 2.41. The van der Waals surface area contributed by atoms with Crippen LogP contribution in [-0.4, -0.2) is 43.0 Å². The van der Waals surface area contributed by atoms with Crippen molar-refractivity contribution in [1.82, 2.24) is 10.3 Å². The predicted molar refractivity (Wildman–Crippen MR) is 154 cm³/mol. The molecule has 0 aliphatic carbocycles. The van der Waals surface area contributed by atoms with Crippen molar-refractivity contribution in [1.29, 1.82) is 0 Å². The zero-order valence-corrected chi connectivity index (χ0v) is 22.6. The molecule has 6 nitrogen and oxygen atoms in total. The maximum absolute atomic E-state index is 13.8. The van der Waals surface area contributed by atoms with Crippen LogP contribution in [0, 0.1) is 11.6 Å². The van der Waals surface area contributed by atoms with Gasteiger partial charge in [0.2, 0.25) is 0 Å². The van der Waals surface area contributed by atoms with E-state index in [-0.39, 0.29) is 30.3 Å². The molecule has 0 bridgehead atoms. The maximum atomic E-state index is 13.8. The van der Waals surface area contributed by atoms with Crippen LogP contribution in [0.1, 0.15) is 42.9 Å². The molecule has 3 atom stereocenters. The molecule has 0 amide bonds. The number of pyridine rings is 1. The fourth-order valence-electron chi connectivity index (χ4n) is 5.53. The number of piperidine rings is 1. The molecule has 1 aromatic heterocycles. The SMILES string of the molecule is C.CS(=O)(=O)c1ccc2[nH]c(=O)c(C(c3ccc(Cl)cc3)C3(O)CCNC(Cc4ccc(F)c(F)c4)C3)cc2c1. The Balaban J connectivity index is 0.00000370. The number of nitrogens with one attached hydrogen (secondary N) is 2. The number of fused-ring (bicyclic) bond motifs is 1. The smallest absolute Gasteiger partial charge is 0.252 e. The zero-order chi connectivity index (χ0) is 27.9. The summed E-state index contributed by atoms with van der Waals surface area (Å²) in [6.07, 6.45) is 2.00. The molecule has 3 aromatic carbocycles. The summed E-state index contributed by atoms with van der Waals surface area (Å²) in [6.45, 7) is 0.429. The lowest BCUT2D eigenvalue weighted by molar-refractivity contribution is -0.0188. The summed E-state index contributed by atoms with van der Waals surface area (Å²) in [7, 11) is -3.48. The first-order chi connectivity index (χ1) is 18.4. The number of halogens is 3. The monoisotopic (exact) mass is 588 g/mol. The van der Waals surface area contributed by atoms with Gasteiger partial charge in [0.05, 0.1) is 10.5 Å². The first kappa shape index (κ1) is 29.9. The Morgan fingerprint density at radius 1 is 1.05 bits per heavy atom. The normalized spacial score (nSPS) is 20.2. The Morgan fingerprint density at radius 2 is 1.77 bits per heavy atom. The molecule has 4 aromatic rings. The molecule has 2 heterocycles. The molecular formula is C30H31ClF2N2O4S. The van der Waals surface area contributed by atoms with Crippen LogP contribution in [0.5, 0.6) is 0 Å². The number of aliphatic hydroxyl groups is 1. The molecule has 1 saturated heterocycles. The van der Waals surface area contributed by atoms with Crippen molar-refractivity contribution >= 4 is 32.3 Å². The van der Waals surface area contributed by atoms with E-state index in [1.165, 1.54) is 18.2 Å². The molecule has 1 fully saturated rings. The highest BCUT2D eigenvalue weighted by atomic mass is 35.5. The van der Waals surface area contributed by atoms with E-state index in [4.69, 9.17) is 11.6 Å². The molecular weight excluding hydrogens is 558 g/mol. The van der Waals surface area contributed by atoms with Crippen molar-refractivity contribution in [3.63, 3.8) is 0 Å². The van der Waals surface area contributed by atoms with Gasteiger partial charge in [-0.05, 0) is 90.9 Å². The van der Waals surface area contributed by atoms with Crippen LogP contribution in [0.2, 0.25) is 5.02 Å². The van der Waals surface area contributed by atoms with Gasteiger partial charge < -0.3 is 15.4 Å². The van der Waals surface area contributed by atoms with Gasteiger partial charge >= 0.3 is 0 Å². The first-order valence-corrected chi connectivity index (χ1v) is 14.7. The van der Waals surface area contributed by atoms with E-state index >= 15 is 0 Å². The summed E-state index contributed by atoms with van der Waals surface area (Å²) in [5.74, 6) is -2.64. The van der Waals surface area contributed by atoms with Crippen molar-refractivity contribution < 1.29 is 22.3 Å². The average molecular weight is 589 g/mol. The van der Waals surface area contributed by atoms with E-state index in [0.29, 0.717) is 46.4 Å². The lowest BCUT2D eigenvalue weighted by atomic mass is 9.70. The van der Waals surface area contributed by atoms with E-state index in [9.17, 15) is 27.1 Å². The van der Waals surface area contributed by atoms with Crippen molar-refractivity contribution in [2.75, 3.05) is 12.8 Å². The molecule has 0 saturated carbocycles. The quantitative estimate of drug-likeness (QED) is 0.282. The number of hydrogen-bond acceptors (Lipinski definition) is 5. The lowest BCUT2D eigenvalue weighted by Gasteiger charge is -2.43. The van der Waals surface area contributed by atoms with Crippen LogP contribution in [0.3, 0.4) is 0 Å². The molecule has 1 aliphatic heterocycles. The van der Waals surface area contributed by atoms with Gasteiger partial charge in [0.25, 0.3) is 5.56 Å². The molecule has 5 rings (SSSR count). The van der Waals surface area contributed by atoms with Gasteiger partial charge in [-0.2, -0.15) is 0 Å². The van der Waals surface area contributed by atoms with Gasteiger partial charge in [-0.25, -0.2) is 17.2 Å². The number of H-pyrrole nitrogens is 1. The summed E-state index contributed by atoms with van der Waals surface area (Å²) in [6, 6.07) is 16.5. The van der Waals surface area contributed by atoms with Crippen molar-refractivity contribution in [3.8, 4) is 0 Å². The Bertz CT molecular complexity index is 1710. The van der Waals surface area contributed by atoms with E-state index < -0.39 is 38.5 Å². The highest BCUT2D eigenvalue weighted by Gasteiger charge is 2.44. The van der Waals surface area contributed by atoms with Crippen molar-refractivity contribution in [2.45, 2.75) is 49.1 Å². The third-order valence-corrected chi connectivity index (χ3v) is 8.74. The van der Waals surface area contributed by atoms with Gasteiger partial charge in [0, 0.05) is 34.3 Å². The maximum Gasteiger partial charge on any atom is 0.252 e. The molecule has 40 heavy (non-hydrogen) atoms. The van der Waals surface area contributed by atoms with Crippen LogP contribution in [-0.2, 0) is 16.3 Å². The summed E-state index contributed by atoms with van der Waals surface area (Å²) < 4.78 is 51.6. The van der Waals surface area contributed by atoms with Gasteiger partial charge in [-0.1, -0.05) is 37.2 Å². The minimum atomic E-state index is -3.48. The van der Waals surface area contributed by atoms with E-state index in [1.807, 2.05) is 0 Å². The Hall–Kier alpha value is -3.11. The highest BCUT2D eigenvalue weighted by molar-refractivity contribution is 7.90. The number of aromatic amines is 1. The third kappa shape index (κ3) is 6.12. The van der Waals surface area contributed by atoms with Crippen LogP contribution < -0.4 is 10.9 Å². The minimum Gasteiger partial charge on any atom is -0.389 e. The average Bonchev–Trinajstić information content (AvgIpc) is 2.87. The van der Waals surface area contributed by atoms with Gasteiger partial charge in [-0.15, -0.1) is 0 Å². The molecule has 3 N–H and O–H groups in total. The standard InChI is InChI=1S/C29H27ClF2N2O4S.CH4/c1-39(37,38)22-7-9-26-19(14-22)15-23(28(35)34-26)27(18-3-5-20(30)6-4-18)29(36)10-11-33-21(16-29)12-17-2-8-24(31)25(32)13-17;/h2-9,13-15,21,27,33,36H,10-12,16H2,1H3,(H,34,35);1H4. The Morgan fingerprint density at radius 3 is 2.45 bits per heavy atom. The Labute approximate surface area is 236 Å². The van der Waals surface area contributed by atoms with E-state index in [1.54, 1.807) is 36.4 Å². The largest absolute Gasteiger partial charge is 0.389 e. The second-order valence-electron chi connectivity index (χ2n) is 10.2. The minimum absolute atomic E-state index is 0. The first-order valence-electron chi connectivity index (χ1n) is 12.5. The molecule has 1 aliphatic rings. The van der Waals surface area contributed by atoms with E-state index in [2.05, 4.69) is 10.3 Å². The summed E-state index contributed by atoms with van der Waals surface area (Å²) in [5.41, 5.74) is 0.206. The topological polar surface area (TPSA) is 99.3 Å². The number of sulfone groups is 1. The zero-order valence-electron chi connectivity index (χ0n) is 21.0. The number of aromatic nitrogens is 1. The summed E-state index contributed by atoms with van der Waals surface area (Å²) in [4.78, 5) is 16.4. The molecule has 10 heteroatoms. The number of rotatable bonds is 6. The molecule has 0 radical (unpaired) electrons. The van der Waals surface area contributed by atoms with Crippen LogP contribution in [0.4, 0.5) is 8.78 Å².